The number of Topliss-reactive ketones (excluding diaryl/α,β-unsaturated/α-hetero) is 1. The second-order valence-corrected chi connectivity index (χ2v) is 10.7. The zero-order chi connectivity index (χ0) is 26.2. The summed E-state index contributed by atoms with van der Waals surface area (Å²) >= 11 is 0. The molecule has 0 radical (unpaired) electrons. The van der Waals surface area contributed by atoms with E-state index in [9.17, 15) is 26.4 Å². The summed E-state index contributed by atoms with van der Waals surface area (Å²) in [6, 6.07) is 11.6. The number of alkyl halides is 3. The summed E-state index contributed by atoms with van der Waals surface area (Å²) in [5, 5.41) is 0.479. The summed E-state index contributed by atoms with van der Waals surface area (Å²) in [5.74, 6) is -0.213. The topological polar surface area (TPSA) is 93.4 Å². The van der Waals surface area contributed by atoms with Crippen LogP contribution in [0.1, 0.15) is 30.4 Å². The van der Waals surface area contributed by atoms with Crippen LogP contribution >= 0.6 is 0 Å². The number of furan rings is 1. The minimum atomic E-state index is -4.47. The molecule has 0 spiro atoms. The number of aryl methyl sites for hydroxylation is 1. The summed E-state index contributed by atoms with van der Waals surface area (Å²) in [6.07, 6.45) is 0.717. The van der Waals surface area contributed by atoms with Crippen LogP contribution in [-0.2, 0) is 27.4 Å². The van der Waals surface area contributed by atoms with E-state index in [2.05, 4.69) is 9.97 Å². The fourth-order valence-corrected chi connectivity index (χ4v) is 6.11. The number of carbonyl (C=O) groups excluding carboxylic acids is 1. The Morgan fingerprint density at radius 1 is 1.08 bits per heavy atom. The molecule has 0 bridgehead atoms. The summed E-state index contributed by atoms with van der Waals surface area (Å²) in [4.78, 5) is 21.1. The number of benzene rings is 1. The van der Waals surface area contributed by atoms with Crippen molar-refractivity contribution < 1.29 is 30.8 Å². The third-order valence-electron chi connectivity index (χ3n) is 6.38. The molecule has 7 nitrogen and oxygen atoms in total. The van der Waals surface area contributed by atoms with Gasteiger partial charge in [-0.3, -0.25) is 14.8 Å². The van der Waals surface area contributed by atoms with Gasteiger partial charge < -0.3 is 4.42 Å². The molecule has 1 unspecified atom stereocenters. The van der Waals surface area contributed by atoms with Gasteiger partial charge in [0.2, 0.25) is 5.09 Å². The maximum absolute atomic E-state index is 13.3. The van der Waals surface area contributed by atoms with Gasteiger partial charge >= 0.3 is 6.18 Å². The molecule has 1 saturated heterocycles. The average Bonchev–Trinajstić information content (AvgIpc) is 3.55. The van der Waals surface area contributed by atoms with E-state index in [0.29, 0.717) is 47.1 Å². The van der Waals surface area contributed by atoms with Crippen molar-refractivity contribution in [3.63, 3.8) is 0 Å². The van der Waals surface area contributed by atoms with Crippen molar-refractivity contribution in [1.82, 2.24) is 14.3 Å². The zero-order valence-corrected chi connectivity index (χ0v) is 20.3. The molecule has 11 heteroatoms. The number of nitrogens with zero attached hydrogens (tertiary/aromatic N) is 3. The number of halogens is 3. The highest BCUT2D eigenvalue weighted by Gasteiger charge is 2.40. The Hall–Kier alpha value is -3.57. The number of pyridine rings is 2. The third-order valence-corrected chi connectivity index (χ3v) is 8.15. The Labute approximate surface area is 211 Å². The Balaban J connectivity index is 1.28. The summed E-state index contributed by atoms with van der Waals surface area (Å²) < 4.78 is 71.7. The first-order valence-electron chi connectivity index (χ1n) is 11.6. The van der Waals surface area contributed by atoms with E-state index in [0.717, 1.165) is 12.3 Å². The second kappa shape index (κ2) is 9.71. The van der Waals surface area contributed by atoms with Gasteiger partial charge in [-0.2, -0.15) is 17.5 Å². The maximum atomic E-state index is 13.3. The largest absolute Gasteiger partial charge is 0.443 e. The predicted octanol–water partition coefficient (Wildman–Crippen LogP) is 5.26. The van der Waals surface area contributed by atoms with Crippen molar-refractivity contribution >= 4 is 26.8 Å². The average molecular weight is 530 g/mol. The van der Waals surface area contributed by atoms with Crippen LogP contribution in [-0.4, -0.2) is 41.1 Å². The molecule has 1 fully saturated rings. The first-order valence-corrected chi connectivity index (χ1v) is 13.1. The van der Waals surface area contributed by atoms with Crippen molar-refractivity contribution in [3.05, 3.63) is 78.2 Å². The van der Waals surface area contributed by atoms with Crippen molar-refractivity contribution in [2.45, 2.75) is 43.0 Å². The number of rotatable bonds is 7. The standard InChI is InChI=1S/C26H22F3N3O4S/c27-26(28,29)20-8-9-21(31-16-20)19-12-17(14-30-15-19)7-10-23(33)22-5-3-11-32(22)37(34,35)25-13-18-4-1-2-6-24(18)36-25/h1-2,4,6,8-9,12-16,22H,3,5,7,10-11H2. The van der Waals surface area contributed by atoms with Gasteiger partial charge in [-0.1, -0.05) is 18.2 Å². The van der Waals surface area contributed by atoms with Gasteiger partial charge in [-0.05, 0) is 49.1 Å². The van der Waals surface area contributed by atoms with E-state index in [1.807, 2.05) is 0 Å². The number of fused-ring (bicyclic) bond motifs is 1. The van der Waals surface area contributed by atoms with Crippen LogP contribution in [0.5, 0.6) is 0 Å². The van der Waals surface area contributed by atoms with E-state index in [1.165, 1.54) is 22.6 Å². The van der Waals surface area contributed by atoms with Crippen molar-refractivity contribution in [1.29, 1.82) is 0 Å². The van der Waals surface area contributed by atoms with Gasteiger partial charge in [0.05, 0.1) is 17.3 Å². The van der Waals surface area contributed by atoms with E-state index < -0.39 is 27.8 Å². The molecule has 3 aromatic heterocycles. The molecular weight excluding hydrogens is 507 g/mol. The molecule has 0 saturated carbocycles. The fraction of sp³-hybridized carbons (Fsp3) is 0.269. The maximum Gasteiger partial charge on any atom is 0.417 e. The molecule has 4 heterocycles. The van der Waals surface area contributed by atoms with Crippen LogP contribution in [0, 0.1) is 0 Å². The number of aromatic nitrogens is 2. The van der Waals surface area contributed by atoms with Gasteiger partial charge in [-0.25, -0.2) is 8.42 Å². The van der Waals surface area contributed by atoms with Crippen molar-refractivity contribution in [2.24, 2.45) is 0 Å². The lowest BCUT2D eigenvalue weighted by Gasteiger charge is -2.21. The van der Waals surface area contributed by atoms with Crippen LogP contribution < -0.4 is 0 Å². The highest BCUT2D eigenvalue weighted by Crippen LogP contribution is 2.32. The molecule has 1 aliphatic heterocycles. The van der Waals surface area contributed by atoms with Crippen LogP contribution in [0.15, 0.2) is 76.6 Å². The lowest BCUT2D eigenvalue weighted by molar-refractivity contribution is -0.137. The van der Waals surface area contributed by atoms with Crippen LogP contribution in [0.25, 0.3) is 22.2 Å². The molecular formula is C26H22F3N3O4S. The normalized spacial score (nSPS) is 16.9. The predicted molar refractivity (Wildman–Crippen MR) is 129 cm³/mol. The Kier molecular flexibility index (Phi) is 6.59. The fourth-order valence-electron chi connectivity index (χ4n) is 4.48. The molecule has 0 aliphatic carbocycles. The Bertz CT molecular complexity index is 1520. The minimum Gasteiger partial charge on any atom is -0.443 e. The van der Waals surface area contributed by atoms with Gasteiger partial charge in [-0.15, -0.1) is 0 Å². The summed E-state index contributed by atoms with van der Waals surface area (Å²) in [6.45, 7) is 0.229. The second-order valence-electron chi connectivity index (χ2n) is 8.86. The molecule has 1 aromatic carbocycles. The highest BCUT2D eigenvalue weighted by molar-refractivity contribution is 7.89. The van der Waals surface area contributed by atoms with Crippen molar-refractivity contribution in [3.8, 4) is 11.3 Å². The molecule has 37 heavy (non-hydrogen) atoms. The highest BCUT2D eigenvalue weighted by atomic mass is 32.2. The smallest absolute Gasteiger partial charge is 0.417 e. The number of sulfonamides is 1. The van der Waals surface area contributed by atoms with E-state index in [-0.39, 0.29) is 23.8 Å². The molecule has 4 aromatic rings. The zero-order valence-electron chi connectivity index (χ0n) is 19.5. The van der Waals surface area contributed by atoms with E-state index >= 15 is 0 Å². The molecule has 5 rings (SSSR count). The van der Waals surface area contributed by atoms with E-state index in [1.54, 1.807) is 36.5 Å². The number of para-hydroxylation sites is 1. The first kappa shape index (κ1) is 25.1. The Morgan fingerprint density at radius 3 is 2.62 bits per heavy atom. The number of hydrogen-bond acceptors (Lipinski definition) is 6. The minimum absolute atomic E-state index is 0.0857. The van der Waals surface area contributed by atoms with Crippen LogP contribution in [0.3, 0.4) is 0 Å². The molecule has 0 N–H and O–H groups in total. The summed E-state index contributed by atoms with van der Waals surface area (Å²) in [5.41, 5.74) is 1.15. The Morgan fingerprint density at radius 2 is 1.89 bits per heavy atom. The lowest BCUT2D eigenvalue weighted by Crippen LogP contribution is -2.40. The van der Waals surface area contributed by atoms with Crippen LogP contribution in [0.4, 0.5) is 13.2 Å². The number of ketones is 1. The molecule has 1 aliphatic rings. The van der Waals surface area contributed by atoms with Crippen LogP contribution in [0.2, 0.25) is 0 Å². The number of hydrogen-bond donors (Lipinski definition) is 0. The molecule has 0 amide bonds. The van der Waals surface area contributed by atoms with Crippen molar-refractivity contribution in [2.75, 3.05) is 6.54 Å². The molecule has 192 valence electrons. The monoisotopic (exact) mass is 529 g/mol. The quantitative estimate of drug-likeness (QED) is 0.324. The SMILES string of the molecule is O=C(CCc1cncc(-c2ccc(C(F)(F)F)cn2)c1)C1CCCN1S(=O)(=O)c1cc2ccccc2o1. The third kappa shape index (κ3) is 5.14. The van der Waals surface area contributed by atoms with Gasteiger partial charge in [0.25, 0.3) is 10.0 Å². The summed E-state index contributed by atoms with van der Waals surface area (Å²) in [7, 11) is -3.99. The number of carbonyl (C=O) groups is 1. The van der Waals surface area contributed by atoms with Gasteiger partial charge in [0, 0.05) is 48.6 Å². The van der Waals surface area contributed by atoms with E-state index in [4.69, 9.17) is 4.42 Å². The first-order chi connectivity index (χ1) is 17.6. The van der Waals surface area contributed by atoms with Gasteiger partial charge in [0.15, 0.2) is 5.78 Å². The van der Waals surface area contributed by atoms with Gasteiger partial charge in [0.1, 0.15) is 5.58 Å². The molecule has 1 atom stereocenters. The lowest BCUT2D eigenvalue weighted by atomic mass is 10.0.